The number of amides is 1. The molecule has 0 aliphatic heterocycles. The normalized spacial score (nSPS) is 13.6. The Morgan fingerprint density at radius 3 is 2.29 bits per heavy atom. The lowest BCUT2D eigenvalue weighted by Crippen LogP contribution is -2.44. The van der Waals surface area contributed by atoms with E-state index >= 15 is 0 Å². The van der Waals surface area contributed by atoms with Crippen LogP contribution in [0.3, 0.4) is 0 Å². The number of aryl methyl sites for hydroxylation is 2. The highest BCUT2D eigenvalue weighted by molar-refractivity contribution is 5.95. The Kier molecular flexibility index (Phi) is 3.90. The van der Waals surface area contributed by atoms with Gasteiger partial charge in [0.25, 0.3) is 5.91 Å². The summed E-state index contributed by atoms with van der Waals surface area (Å²) in [6.07, 6.45) is 0.583. The fraction of sp³-hybridized carbons (Fsp3) is 0.429. The number of hydrogen-bond donors (Lipinski definition) is 1. The van der Waals surface area contributed by atoms with Crippen LogP contribution in [-0.4, -0.2) is 11.4 Å². The summed E-state index contributed by atoms with van der Waals surface area (Å²) < 4.78 is 0. The Bertz CT molecular complexity index is 453. The zero-order valence-electron chi connectivity index (χ0n) is 10.8. The van der Waals surface area contributed by atoms with Gasteiger partial charge in [0.15, 0.2) is 0 Å². The van der Waals surface area contributed by atoms with Crippen molar-refractivity contribution in [3.05, 3.63) is 34.9 Å². The number of rotatable bonds is 3. The summed E-state index contributed by atoms with van der Waals surface area (Å²) in [6, 6.07) is 7.80. The molecular weight excluding hydrogens is 212 g/mol. The molecule has 1 rings (SSSR count). The number of hydrogen-bond acceptors (Lipinski definition) is 2. The second-order valence-electron chi connectivity index (χ2n) is 4.63. The van der Waals surface area contributed by atoms with Gasteiger partial charge in [0, 0.05) is 5.56 Å². The number of nitriles is 1. The summed E-state index contributed by atoms with van der Waals surface area (Å²) in [4.78, 5) is 12.0. The maximum absolute atomic E-state index is 12.0. The van der Waals surface area contributed by atoms with Gasteiger partial charge in [-0.1, -0.05) is 24.1 Å². The average Bonchev–Trinajstić information content (AvgIpc) is 2.27. The van der Waals surface area contributed by atoms with E-state index in [0.29, 0.717) is 12.0 Å². The molecule has 90 valence electrons. The summed E-state index contributed by atoms with van der Waals surface area (Å²) >= 11 is 0. The molecule has 1 N–H and O–H groups in total. The molecule has 0 spiro atoms. The Morgan fingerprint density at radius 2 is 1.88 bits per heavy atom. The van der Waals surface area contributed by atoms with Gasteiger partial charge in [-0.3, -0.25) is 4.79 Å². The van der Waals surface area contributed by atoms with Crippen LogP contribution in [0.5, 0.6) is 0 Å². The minimum absolute atomic E-state index is 0.192. The van der Waals surface area contributed by atoms with Gasteiger partial charge >= 0.3 is 0 Å². The van der Waals surface area contributed by atoms with Gasteiger partial charge < -0.3 is 5.32 Å². The molecule has 0 bridgehead atoms. The maximum atomic E-state index is 12.0. The van der Waals surface area contributed by atoms with Crippen molar-refractivity contribution in [3.8, 4) is 6.07 Å². The SMILES string of the molecule is CCC(C)(C#N)NC(=O)c1cc(C)cc(C)c1. The van der Waals surface area contributed by atoms with Gasteiger partial charge in [-0.25, -0.2) is 0 Å². The molecule has 17 heavy (non-hydrogen) atoms. The molecule has 0 radical (unpaired) electrons. The van der Waals surface area contributed by atoms with E-state index in [4.69, 9.17) is 5.26 Å². The molecule has 0 aliphatic carbocycles. The van der Waals surface area contributed by atoms with Crippen LogP contribution in [0.1, 0.15) is 41.8 Å². The van der Waals surface area contributed by atoms with Crippen LogP contribution in [0.15, 0.2) is 18.2 Å². The predicted octanol–water partition coefficient (Wildman–Crippen LogP) is 2.73. The monoisotopic (exact) mass is 230 g/mol. The highest BCUT2D eigenvalue weighted by Crippen LogP contribution is 2.12. The standard InChI is InChI=1S/C14H18N2O/c1-5-14(4,9-15)16-13(17)12-7-10(2)6-11(3)8-12/h6-8H,5H2,1-4H3,(H,16,17). The molecule has 1 atom stereocenters. The average molecular weight is 230 g/mol. The van der Waals surface area contributed by atoms with E-state index in [1.54, 1.807) is 6.92 Å². The van der Waals surface area contributed by atoms with E-state index < -0.39 is 5.54 Å². The van der Waals surface area contributed by atoms with Crippen LogP contribution in [0.25, 0.3) is 0 Å². The Balaban J connectivity index is 2.95. The van der Waals surface area contributed by atoms with Gasteiger partial charge in [0.2, 0.25) is 0 Å². The first-order chi connectivity index (χ1) is 7.90. The first kappa shape index (κ1) is 13.2. The third-order valence-electron chi connectivity index (χ3n) is 2.83. The second kappa shape index (κ2) is 5.01. The Morgan fingerprint density at radius 1 is 1.35 bits per heavy atom. The number of carbonyl (C=O) groups excluding carboxylic acids is 1. The van der Waals surface area contributed by atoms with Crippen LogP contribution in [0, 0.1) is 25.2 Å². The fourth-order valence-electron chi connectivity index (χ4n) is 1.62. The summed E-state index contributed by atoms with van der Waals surface area (Å²) in [6.45, 7) is 7.51. The molecule has 1 aromatic rings. The van der Waals surface area contributed by atoms with Gasteiger partial charge in [0.05, 0.1) is 6.07 Å². The lowest BCUT2D eigenvalue weighted by Gasteiger charge is -2.21. The number of benzene rings is 1. The van der Waals surface area contributed by atoms with E-state index in [9.17, 15) is 4.79 Å². The smallest absolute Gasteiger partial charge is 0.252 e. The van der Waals surface area contributed by atoms with Gasteiger partial charge in [-0.15, -0.1) is 0 Å². The second-order valence-corrected chi connectivity index (χ2v) is 4.63. The molecule has 0 aromatic heterocycles. The minimum atomic E-state index is -0.797. The number of nitrogens with zero attached hydrogens (tertiary/aromatic N) is 1. The van der Waals surface area contributed by atoms with Crippen molar-refractivity contribution in [2.45, 2.75) is 39.7 Å². The van der Waals surface area contributed by atoms with E-state index in [0.717, 1.165) is 11.1 Å². The van der Waals surface area contributed by atoms with E-state index in [2.05, 4.69) is 11.4 Å². The molecular formula is C14H18N2O. The summed E-state index contributed by atoms with van der Waals surface area (Å²) in [7, 11) is 0. The van der Waals surface area contributed by atoms with Crippen LogP contribution < -0.4 is 5.32 Å². The molecule has 1 amide bonds. The predicted molar refractivity (Wildman–Crippen MR) is 67.7 cm³/mol. The lowest BCUT2D eigenvalue weighted by atomic mass is 9.99. The van der Waals surface area contributed by atoms with Crippen LogP contribution >= 0.6 is 0 Å². The van der Waals surface area contributed by atoms with Crippen molar-refractivity contribution >= 4 is 5.91 Å². The highest BCUT2D eigenvalue weighted by atomic mass is 16.1. The number of carbonyl (C=O) groups is 1. The molecule has 3 nitrogen and oxygen atoms in total. The van der Waals surface area contributed by atoms with Crippen molar-refractivity contribution in [1.29, 1.82) is 5.26 Å². The summed E-state index contributed by atoms with van der Waals surface area (Å²) in [5.41, 5.74) is 1.91. The van der Waals surface area contributed by atoms with Gasteiger partial charge in [-0.05, 0) is 39.3 Å². The summed E-state index contributed by atoms with van der Waals surface area (Å²) in [5, 5.41) is 11.8. The topological polar surface area (TPSA) is 52.9 Å². The maximum Gasteiger partial charge on any atom is 0.252 e. The molecule has 0 aliphatic rings. The van der Waals surface area contributed by atoms with E-state index in [1.165, 1.54) is 0 Å². The zero-order chi connectivity index (χ0) is 13.1. The number of nitrogens with one attached hydrogen (secondary N) is 1. The minimum Gasteiger partial charge on any atom is -0.334 e. The van der Waals surface area contributed by atoms with Crippen LogP contribution in [0.2, 0.25) is 0 Å². The van der Waals surface area contributed by atoms with Gasteiger partial charge in [-0.2, -0.15) is 5.26 Å². The summed E-state index contributed by atoms with van der Waals surface area (Å²) in [5.74, 6) is -0.192. The molecule has 1 aromatic carbocycles. The molecule has 0 heterocycles. The van der Waals surface area contributed by atoms with Crippen molar-refractivity contribution in [2.75, 3.05) is 0 Å². The van der Waals surface area contributed by atoms with Crippen molar-refractivity contribution in [1.82, 2.24) is 5.32 Å². The first-order valence-corrected chi connectivity index (χ1v) is 5.72. The largest absolute Gasteiger partial charge is 0.334 e. The molecule has 1 unspecified atom stereocenters. The third kappa shape index (κ3) is 3.32. The van der Waals surface area contributed by atoms with Crippen LogP contribution in [0.4, 0.5) is 0 Å². The quantitative estimate of drug-likeness (QED) is 0.868. The van der Waals surface area contributed by atoms with Crippen molar-refractivity contribution < 1.29 is 4.79 Å². The van der Waals surface area contributed by atoms with Gasteiger partial charge in [0.1, 0.15) is 5.54 Å². The Labute approximate surface area is 102 Å². The van der Waals surface area contributed by atoms with E-state index in [1.807, 2.05) is 39.0 Å². The Hall–Kier alpha value is -1.82. The molecule has 3 heteroatoms. The lowest BCUT2D eigenvalue weighted by molar-refractivity contribution is 0.0923. The molecule has 0 saturated heterocycles. The fourth-order valence-corrected chi connectivity index (χ4v) is 1.62. The molecule has 0 fully saturated rings. The van der Waals surface area contributed by atoms with Crippen molar-refractivity contribution in [2.24, 2.45) is 0 Å². The first-order valence-electron chi connectivity index (χ1n) is 5.72. The third-order valence-corrected chi connectivity index (χ3v) is 2.83. The van der Waals surface area contributed by atoms with Crippen LogP contribution in [-0.2, 0) is 0 Å². The van der Waals surface area contributed by atoms with Crippen molar-refractivity contribution in [3.63, 3.8) is 0 Å². The highest BCUT2D eigenvalue weighted by Gasteiger charge is 2.24. The van der Waals surface area contributed by atoms with E-state index in [-0.39, 0.29) is 5.91 Å². The zero-order valence-corrected chi connectivity index (χ0v) is 10.8. The molecule has 0 saturated carbocycles.